The molecule has 152 valence electrons. The van der Waals surface area contributed by atoms with Gasteiger partial charge in [0.1, 0.15) is 17.5 Å². The molecule has 1 unspecified atom stereocenters. The van der Waals surface area contributed by atoms with E-state index in [1.807, 2.05) is 42.6 Å². The van der Waals surface area contributed by atoms with Gasteiger partial charge in [-0.1, -0.05) is 16.4 Å². The van der Waals surface area contributed by atoms with Crippen molar-refractivity contribution in [3.63, 3.8) is 0 Å². The van der Waals surface area contributed by atoms with Gasteiger partial charge in [0.05, 0.1) is 23.5 Å². The Morgan fingerprint density at radius 1 is 1.13 bits per heavy atom. The van der Waals surface area contributed by atoms with Crippen molar-refractivity contribution >= 4 is 17.2 Å². The summed E-state index contributed by atoms with van der Waals surface area (Å²) in [6.45, 7) is 2.34. The van der Waals surface area contributed by atoms with Gasteiger partial charge >= 0.3 is 0 Å². The Morgan fingerprint density at radius 2 is 1.97 bits per heavy atom. The van der Waals surface area contributed by atoms with Gasteiger partial charge in [-0.05, 0) is 42.1 Å². The summed E-state index contributed by atoms with van der Waals surface area (Å²) in [5.41, 5.74) is 3.33. The Bertz CT molecular complexity index is 1180. The van der Waals surface area contributed by atoms with Gasteiger partial charge < -0.3 is 19.1 Å². The number of nitrogens with zero attached hydrogens (tertiary/aromatic N) is 2. The largest absolute Gasteiger partial charge is 0.490 e. The number of carbonyl (C=O) groups is 1. The summed E-state index contributed by atoms with van der Waals surface area (Å²) in [7, 11) is 0. The molecule has 0 bridgehead atoms. The summed E-state index contributed by atoms with van der Waals surface area (Å²) in [6, 6.07) is 13.5. The van der Waals surface area contributed by atoms with Crippen molar-refractivity contribution in [2.24, 2.45) is 0 Å². The maximum Gasteiger partial charge on any atom is 0.226 e. The number of thiophene rings is 1. The van der Waals surface area contributed by atoms with Crippen LogP contribution < -0.4 is 10.1 Å². The second-order valence-electron chi connectivity index (χ2n) is 7.25. The van der Waals surface area contributed by atoms with Gasteiger partial charge in [0.15, 0.2) is 11.5 Å². The molecule has 3 aromatic heterocycles. The normalized spacial score (nSPS) is 15.0. The molecule has 8 heteroatoms. The van der Waals surface area contributed by atoms with Crippen LogP contribution in [0.15, 0.2) is 56.9 Å². The predicted molar refractivity (Wildman–Crippen MR) is 111 cm³/mol. The van der Waals surface area contributed by atoms with E-state index in [-0.39, 0.29) is 18.4 Å². The van der Waals surface area contributed by atoms with Gasteiger partial charge in [0, 0.05) is 24.1 Å². The number of carbonyl (C=O) groups excluding carboxylic acids is 1. The molecule has 1 amide bonds. The lowest BCUT2D eigenvalue weighted by Gasteiger charge is -2.02. The SMILES string of the molecule is CC1Cc2cc(-c3cc(CC(=O)NCc4cc(-c5cccs5)on4)no3)ccc2O1. The molecule has 0 radical (unpaired) electrons. The third-order valence-corrected chi connectivity index (χ3v) is 5.76. The number of hydrogen-bond donors (Lipinski definition) is 1. The molecule has 30 heavy (non-hydrogen) atoms. The van der Waals surface area contributed by atoms with Gasteiger partial charge in [-0.15, -0.1) is 11.3 Å². The van der Waals surface area contributed by atoms with E-state index in [0.717, 1.165) is 28.2 Å². The lowest BCUT2D eigenvalue weighted by Crippen LogP contribution is -2.24. The second kappa shape index (κ2) is 7.79. The predicted octanol–water partition coefficient (Wildman–Crippen LogP) is 4.24. The van der Waals surface area contributed by atoms with Crippen molar-refractivity contribution < 1.29 is 18.6 Å². The quantitative estimate of drug-likeness (QED) is 0.501. The van der Waals surface area contributed by atoms with Crippen molar-refractivity contribution in [3.8, 4) is 27.7 Å². The van der Waals surface area contributed by atoms with Crippen LogP contribution in [0.5, 0.6) is 5.75 Å². The Labute approximate surface area is 176 Å². The smallest absolute Gasteiger partial charge is 0.226 e. The van der Waals surface area contributed by atoms with Crippen LogP contribution in [0.2, 0.25) is 0 Å². The summed E-state index contributed by atoms with van der Waals surface area (Å²) in [4.78, 5) is 13.3. The van der Waals surface area contributed by atoms with E-state index >= 15 is 0 Å². The van der Waals surface area contributed by atoms with Gasteiger partial charge in [0.25, 0.3) is 0 Å². The lowest BCUT2D eigenvalue weighted by atomic mass is 10.1. The molecule has 7 nitrogen and oxygen atoms in total. The number of rotatable bonds is 6. The summed E-state index contributed by atoms with van der Waals surface area (Å²) in [5.74, 6) is 2.09. The number of benzene rings is 1. The van der Waals surface area contributed by atoms with Crippen molar-refractivity contribution in [2.45, 2.75) is 32.4 Å². The molecule has 1 aliphatic heterocycles. The van der Waals surface area contributed by atoms with Crippen molar-refractivity contribution in [2.75, 3.05) is 0 Å². The van der Waals surface area contributed by atoms with E-state index in [0.29, 0.717) is 29.5 Å². The lowest BCUT2D eigenvalue weighted by molar-refractivity contribution is -0.120. The number of hydrogen-bond acceptors (Lipinski definition) is 7. The van der Waals surface area contributed by atoms with E-state index < -0.39 is 0 Å². The zero-order valence-electron chi connectivity index (χ0n) is 16.3. The molecule has 0 saturated carbocycles. The molecule has 1 N–H and O–H groups in total. The molecule has 1 aromatic carbocycles. The molecule has 1 atom stereocenters. The van der Waals surface area contributed by atoms with E-state index in [2.05, 4.69) is 21.7 Å². The highest BCUT2D eigenvalue weighted by atomic mass is 32.1. The van der Waals surface area contributed by atoms with Crippen LogP contribution in [-0.4, -0.2) is 22.3 Å². The van der Waals surface area contributed by atoms with Crippen LogP contribution in [0.3, 0.4) is 0 Å². The van der Waals surface area contributed by atoms with Crippen LogP contribution >= 0.6 is 11.3 Å². The van der Waals surface area contributed by atoms with Crippen LogP contribution in [-0.2, 0) is 24.2 Å². The molecular formula is C22H19N3O4S. The van der Waals surface area contributed by atoms with Gasteiger partial charge in [-0.2, -0.15) is 0 Å². The first-order valence-corrected chi connectivity index (χ1v) is 10.5. The first-order valence-electron chi connectivity index (χ1n) is 9.66. The highest BCUT2D eigenvalue weighted by Gasteiger charge is 2.20. The minimum atomic E-state index is -0.160. The fourth-order valence-electron chi connectivity index (χ4n) is 3.45. The molecule has 4 heterocycles. The number of fused-ring (bicyclic) bond motifs is 1. The third-order valence-electron chi connectivity index (χ3n) is 4.87. The van der Waals surface area contributed by atoms with Crippen molar-refractivity contribution in [1.29, 1.82) is 0 Å². The van der Waals surface area contributed by atoms with Crippen LogP contribution in [0, 0.1) is 0 Å². The number of nitrogens with one attached hydrogen (secondary N) is 1. The topological polar surface area (TPSA) is 90.4 Å². The molecule has 5 rings (SSSR count). The van der Waals surface area contributed by atoms with Crippen LogP contribution in [0.25, 0.3) is 22.0 Å². The zero-order valence-corrected chi connectivity index (χ0v) is 17.1. The van der Waals surface area contributed by atoms with Gasteiger partial charge in [-0.25, -0.2) is 0 Å². The fraction of sp³-hybridized carbons (Fsp3) is 0.227. The summed E-state index contributed by atoms with van der Waals surface area (Å²) in [5, 5.41) is 12.8. The van der Waals surface area contributed by atoms with Crippen molar-refractivity contribution in [3.05, 3.63) is 64.8 Å². The highest BCUT2D eigenvalue weighted by Crippen LogP contribution is 2.33. The molecule has 0 spiro atoms. The van der Waals surface area contributed by atoms with E-state index in [1.165, 1.54) is 0 Å². The average molecular weight is 421 g/mol. The summed E-state index contributed by atoms with van der Waals surface area (Å²) in [6.07, 6.45) is 1.20. The fourth-order valence-corrected chi connectivity index (χ4v) is 4.13. The van der Waals surface area contributed by atoms with E-state index in [1.54, 1.807) is 17.4 Å². The molecule has 1 aliphatic rings. The molecular weight excluding hydrogens is 402 g/mol. The van der Waals surface area contributed by atoms with E-state index in [4.69, 9.17) is 13.8 Å². The average Bonchev–Trinajstić information content (AvgIpc) is 3.51. The van der Waals surface area contributed by atoms with Crippen molar-refractivity contribution in [1.82, 2.24) is 15.6 Å². The standard InChI is InChI=1S/C22H19N3O4S/c1-13-7-15-8-14(4-5-18(15)27-13)19-9-16(24-28-19)11-22(26)23-12-17-10-20(29-25-17)21-3-2-6-30-21/h2-6,8-10,13H,7,11-12H2,1H3,(H,23,26). The maximum atomic E-state index is 12.3. The molecule has 0 aliphatic carbocycles. The Balaban J connectivity index is 1.18. The molecule has 0 saturated heterocycles. The Morgan fingerprint density at radius 3 is 2.83 bits per heavy atom. The van der Waals surface area contributed by atoms with Crippen LogP contribution in [0.1, 0.15) is 23.9 Å². The summed E-state index contributed by atoms with van der Waals surface area (Å²) < 4.78 is 16.5. The first kappa shape index (κ1) is 18.6. The summed E-state index contributed by atoms with van der Waals surface area (Å²) >= 11 is 1.58. The first-order chi connectivity index (χ1) is 14.6. The molecule has 0 fully saturated rings. The number of ether oxygens (including phenoxy) is 1. The van der Waals surface area contributed by atoms with Crippen LogP contribution in [0.4, 0.5) is 0 Å². The van der Waals surface area contributed by atoms with Gasteiger partial charge in [-0.3, -0.25) is 4.79 Å². The number of amides is 1. The van der Waals surface area contributed by atoms with Gasteiger partial charge in [0.2, 0.25) is 5.91 Å². The number of aromatic nitrogens is 2. The maximum absolute atomic E-state index is 12.3. The Hall–Kier alpha value is -3.39. The third kappa shape index (κ3) is 3.86. The Kier molecular flexibility index (Phi) is 4.84. The molecule has 4 aromatic rings. The monoisotopic (exact) mass is 421 g/mol. The second-order valence-corrected chi connectivity index (χ2v) is 8.20. The zero-order chi connectivity index (χ0) is 20.5. The van der Waals surface area contributed by atoms with E-state index in [9.17, 15) is 4.79 Å². The minimum Gasteiger partial charge on any atom is -0.490 e. The highest BCUT2D eigenvalue weighted by molar-refractivity contribution is 7.13. The minimum absolute atomic E-state index is 0.129.